The maximum absolute atomic E-state index is 13.9. The molecule has 3 aromatic heterocycles. The predicted octanol–water partition coefficient (Wildman–Crippen LogP) is 5.69. The lowest BCUT2D eigenvalue weighted by atomic mass is 9.99. The number of ether oxygens (including phenoxy) is 3. The van der Waals surface area contributed by atoms with E-state index in [1.54, 1.807) is 29.6 Å². The Kier molecular flexibility index (Phi) is 6.77. The first-order valence-corrected chi connectivity index (χ1v) is 15.1. The summed E-state index contributed by atoms with van der Waals surface area (Å²) in [5.74, 6) is 0.465. The van der Waals surface area contributed by atoms with E-state index in [1.165, 1.54) is 30.6 Å². The van der Waals surface area contributed by atoms with Gasteiger partial charge in [-0.15, -0.1) is 11.3 Å². The molecule has 4 rings (SSSR count). The molecule has 0 fully saturated rings. The molecule has 0 radical (unpaired) electrons. The fraction of sp³-hybridized carbons (Fsp3) is 0.348. The fourth-order valence-electron chi connectivity index (χ4n) is 3.46. The van der Waals surface area contributed by atoms with E-state index < -0.39 is 8.07 Å². The second kappa shape index (κ2) is 9.58. The van der Waals surface area contributed by atoms with Gasteiger partial charge < -0.3 is 14.2 Å². The molecule has 7 nitrogen and oxygen atoms in total. The van der Waals surface area contributed by atoms with Crippen molar-refractivity contribution in [2.75, 3.05) is 20.8 Å². The van der Waals surface area contributed by atoms with Crippen molar-refractivity contribution in [2.24, 2.45) is 0 Å². The summed E-state index contributed by atoms with van der Waals surface area (Å²) in [7, 11) is 1.94. The van der Waals surface area contributed by atoms with Crippen molar-refractivity contribution >= 4 is 29.6 Å². The number of hydrogen-bond acceptors (Lipinski definition) is 7. The lowest BCUT2D eigenvalue weighted by molar-refractivity contribution is 0.0786. The number of fused-ring (bicyclic) bond motifs is 1. The van der Waals surface area contributed by atoms with Crippen LogP contribution in [0.3, 0.4) is 0 Å². The Hall–Kier alpha value is -2.82. The van der Waals surface area contributed by atoms with Crippen LogP contribution in [-0.4, -0.2) is 48.6 Å². The maximum atomic E-state index is 13.9. The molecule has 0 saturated carbocycles. The Morgan fingerprint density at radius 2 is 1.97 bits per heavy atom. The summed E-state index contributed by atoms with van der Waals surface area (Å²) in [5, 5.41) is 4.46. The predicted molar refractivity (Wildman–Crippen MR) is 131 cm³/mol. The topological polar surface area (TPSA) is 71.3 Å². The molecule has 0 atom stereocenters. The van der Waals surface area contributed by atoms with Crippen LogP contribution in [0, 0.1) is 5.82 Å². The molecule has 0 aliphatic rings. The lowest BCUT2D eigenvalue weighted by Gasteiger charge is -2.15. The van der Waals surface area contributed by atoms with E-state index >= 15 is 0 Å². The summed E-state index contributed by atoms with van der Waals surface area (Å²) in [6.07, 6.45) is 3.64. The largest absolute Gasteiger partial charge is 0.496 e. The zero-order chi connectivity index (χ0) is 23.6. The molecule has 33 heavy (non-hydrogen) atoms. The van der Waals surface area contributed by atoms with Gasteiger partial charge in [-0.25, -0.2) is 19.0 Å². The van der Waals surface area contributed by atoms with Gasteiger partial charge >= 0.3 is 0 Å². The Balaban J connectivity index is 1.77. The van der Waals surface area contributed by atoms with E-state index in [0.717, 1.165) is 27.4 Å². The van der Waals surface area contributed by atoms with Gasteiger partial charge in [-0.3, -0.25) is 0 Å². The maximum Gasteiger partial charge on any atom is 0.241 e. The second-order valence-corrected chi connectivity index (χ2v) is 15.3. The van der Waals surface area contributed by atoms with E-state index in [-0.39, 0.29) is 5.82 Å². The molecule has 0 bridgehead atoms. The van der Waals surface area contributed by atoms with Crippen molar-refractivity contribution in [3.05, 3.63) is 41.9 Å². The van der Waals surface area contributed by atoms with Crippen molar-refractivity contribution in [1.29, 1.82) is 0 Å². The van der Waals surface area contributed by atoms with E-state index in [0.29, 0.717) is 36.2 Å². The molecule has 0 aliphatic heterocycles. The van der Waals surface area contributed by atoms with E-state index in [2.05, 4.69) is 29.7 Å². The molecule has 4 aromatic rings. The average Bonchev–Trinajstić information content (AvgIpc) is 3.45. The number of thiazole rings is 1. The molecule has 3 heterocycles. The second-order valence-electron chi connectivity index (χ2n) is 8.84. The highest BCUT2D eigenvalue weighted by atomic mass is 32.1. The Morgan fingerprint density at radius 3 is 2.70 bits per heavy atom. The third-order valence-corrected chi connectivity index (χ3v) is 7.75. The van der Waals surface area contributed by atoms with Crippen LogP contribution in [0.4, 0.5) is 4.39 Å². The normalized spacial score (nSPS) is 11.8. The summed E-state index contributed by atoms with van der Waals surface area (Å²) in [6.45, 7) is 8.04. The van der Waals surface area contributed by atoms with Gasteiger partial charge in [0.25, 0.3) is 0 Å². The van der Waals surface area contributed by atoms with Crippen LogP contribution >= 0.6 is 11.3 Å². The number of nitrogens with zero attached hydrogens (tertiary/aromatic N) is 4. The number of benzene rings is 1. The van der Waals surface area contributed by atoms with Gasteiger partial charge in [0.1, 0.15) is 23.8 Å². The third kappa shape index (κ3) is 5.07. The molecule has 0 saturated heterocycles. The first kappa shape index (κ1) is 23.3. The quantitative estimate of drug-likeness (QED) is 0.224. The summed E-state index contributed by atoms with van der Waals surface area (Å²) >= 11 is 1.47. The van der Waals surface area contributed by atoms with Crippen molar-refractivity contribution in [3.63, 3.8) is 0 Å². The molecule has 0 aliphatic carbocycles. The number of aromatic nitrogens is 4. The minimum absolute atomic E-state index is 0.361. The van der Waals surface area contributed by atoms with E-state index in [1.807, 2.05) is 6.20 Å². The highest BCUT2D eigenvalue weighted by molar-refractivity contribution is 7.17. The number of hydrogen-bond donors (Lipinski definition) is 0. The summed E-state index contributed by atoms with van der Waals surface area (Å²) < 4.78 is 33.4. The van der Waals surface area contributed by atoms with Crippen LogP contribution in [0.2, 0.25) is 25.7 Å². The van der Waals surface area contributed by atoms with Crippen LogP contribution in [0.25, 0.3) is 32.6 Å². The smallest absolute Gasteiger partial charge is 0.241 e. The molecule has 174 valence electrons. The zero-order valence-corrected chi connectivity index (χ0v) is 21.2. The van der Waals surface area contributed by atoms with Gasteiger partial charge in [0.2, 0.25) is 5.88 Å². The number of pyridine rings is 1. The minimum atomic E-state index is -1.15. The molecule has 0 unspecified atom stereocenters. The van der Waals surface area contributed by atoms with Crippen LogP contribution in [0.15, 0.2) is 36.1 Å². The van der Waals surface area contributed by atoms with E-state index in [9.17, 15) is 4.39 Å². The fourth-order valence-corrected chi connectivity index (χ4v) is 5.06. The van der Waals surface area contributed by atoms with Crippen molar-refractivity contribution in [2.45, 2.75) is 32.4 Å². The molecule has 0 amide bonds. The van der Waals surface area contributed by atoms with Crippen molar-refractivity contribution in [1.82, 2.24) is 19.7 Å². The standard InChI is InChI=1S/C23H27FN4O3SSi/c1-29-18-10-16(24)6-7-17(18)19-20(27-23(30-2)21-22(19)32-13-25-21)15-11-26-28(12-15)14-31-8-9-33(3,4)5/h6-7,10-13H,8-9,14H2,1-5H3. The minimum Gasteiger partial charge on any atom is -0.496 e. The van der Waals surface area contributed by atoms with Crippen LogP contribution in [0.1, 0.15) is 0 Å². The molecule has 1 aromatic carbocycles. The van der Waals surface area contributed by atoms with Gasteiger partial charge in [0.05, 0.1) is 36.3 Å². The van der Waals surface area contributed by atoms with Gasteiger partial charge in [-0.1, -0.05) is 19.6 Å². The average molecular weight is 487 g/mol. The number of methoxy groups -OCH3 is 2. The highest BCUT2D eigenvalue weighted by Gasteiger charge is 2.23. The summed E-state index contributed by atoms with van der Waals surface area (Å²) in [6, 6.07) is 5.57. The Morgan fingerprint density at radius 1 is 1.15 bits per heavy atom. The number of rotatable bonds is 9. The molecular formula is C23H27FN4O3SSi. The molecular weight excluding hydrogens is 459 g/mol. The third-order valence-electron chi connectivity index (χ3n) is 5.20. The first-order chi connectivity index (χ1) is 15.8. The van der Waals surface area contributed by atoms with Crippen molar-refractivity contribution in [3.8, 4) is 34.0 Å². The van der Waals surface area contributed by atoms with Crippen LogP contribution in [0.5, 0.6) is 11.6 Å². The SMILES string of the molecule is COc1cc(F)ccc1-c1c(-c2cnn(COCC[Si](C)(C)C)c2)nc(OC)c2ncsc12. The van der Waals surface area contributed by atoms with Gasteiger partial charge in [-0.05, 0) is 18.2 Å². The number of halogens is 1. The van der Waals surface area contributed by atoms with Crippen molar-refractivity contribution < 1.29 is 18.6 Å². The summed E-state index contributed by atoms with van der Waals surface area (Å²) in [5.41, 5.74) is 5.35. The lowest BCUT2D eigenvalue weighted by Crippen LogP contribution is -2.22. The molecule has 0 spiro atoms. The highest BCUT2D eigenvalue weighted by Crippen LogP contribution is 2.44. The Bertz CT molecular complexity index is 1270. The van der Waals surface area contributed by atoms with Gasteiger partial charge in [0.15, 0.2) is 0 Å². The van der Waals surface area contributed by atoms with E-state index in [4.69, 9.17) is 19.2 Å². The molecule has 10 heteroatoms. The zero-order valence-electron chi connectivity index (χ0n) is 19.4. The van der Waals surface area contributed by atoms with Gasteiger partial charge in [0, 0.05) is 43.6 Å². The van der Waals surface area contributed by atoms with Crippen LogP contribution < -0.4 is 9.47 Å². The summed E-state index contributed by atoms with van der Waals surface area (Å²) in [4.78, 5) is 9.20. The monoisotopic (exact) mass is 486 g/mol. The first-order valence-electron chi connectivity index (χ1n) is 10.6. The van der Waals surface area contributed by atoms with Gasteiger partial charge in [-0.2, -0.15) is 5.10 Å². The van der Waals surface area contributed by atoms with Crippen LogP contribution in [-0.2, 0) is 11.5 Å². The Labute approximate surface area is 197 Å². The molecule has 0 N–H and O–H groups in total.